The van der Waals surface area contributed by atoms with Gasteiger partial charge in [-0.1, -0.05) is 11.6 Å². The van der Waals surface area contributed by atoms with Crippen LogP contribution in [0.4, 0.5) is 4.39 Å². The Balaban J connectivity index is 2.92. The Morgan fingerprint density at radius 2 is 2.17 bits per heavy atom. The fourth-order valence-electron chi connectivity index (χ4n) is 1.20. The fourth-order valence-corrected chi connectivity index (χ4v) is 2.41. The first-order chi connectivity index (χ1) is 5.68. The van der Waals surface area contributed by atoms with Gasteiger partial charge < -0.3 is 0 Å². The third kappa shape index (κ3) is 1.11. The third-order valence-corrected chi connectivity index (χ3v) is 3.14. The molecule has 1 aromatic heterocycles. The molecule has 62 valence electrons. The molecule has 0 unspecified atom stereocenters. The first kappa shape index (κ1) is 8.02. The van der Waals surface area contributed by atoms with Crippen molar-refractivity contribution in [3.8, 4) is 0 Å². The number of fused-ring (bicyclic) bond motifs is 1. The molecule has 0 saturated carbocycles. The molecule has 2 aromatic rings. The molecule has 12 heavy (non-hydrogen) atoms. The zero-order chi connectivity index (χ0) is 8.72. The molecule has 0 atom stereocenters. The van der Waals surface area contributed by atoms with Gasteiger partial charge in [0.05, 0.1) is 9.72 Å². The number of thiophene rings is 1. The summed E-state index contributed by atoms with van der Waals surface area (Å²) in [6, 6.07) is 3.66. The maximum Gasteiger partial charge on any atom is 0.141 e. The first-order valence-electron chi connectivity index (χ1n) is 3.51. The second-order valence-electron chi connectivity index (χ2n) is 2.71. The highest BCUT2D eigenvalue weighted by atomic mass is 35.5. The van der Waals surface area contributed by atoms with Crippen LogP contribution in [0.15, 0.2) is 17.5 Å². The summed E-state index contributed by atoms with van der Waals surface area (Å²) in [5, 5.41) is 2.75. The van der Waals surface area contributed by atoms with E-state index in [1.54, 1.807) is 0 Å². The van der Waals surface area contributed by atoms with Gasteiger partial charge in [0.15, 0.2) is 0 Å². The molecule has 3 heteroatoms. The Morgan fingerprint density at radius 1 is 1.42 bits per heavy atom. The number of aryl methyl sites for hydroxylation is 1. The monoisotopic (exact) mass is 200 g/mol. The van der Waals surface area contributed by atoms with Crippen LogP contribution in [0.3, 0.4) is 0 Å². The van der Waals surface area contributed by atoms with E-state index in [1.165, 1.54) is 16.7 Å². The van der Waals surface area contributed by atoms with Gasteiger partial charge in [-0.2, -0.15) is 0 Å². The van der Waals surface area contributed by atoms with Crippen molar-refractivity contribution in [1.29, 1.82) is 0 Å². The molecule has 0 aliphatic carbocycles. The van der Waals surface area contributed by atoms with E-state index < -0.39 is 0 Å². The minimum absolute atomic E-state index is 0.180. The third-order valence-electron chi connectivity index (χ3n) is 1.73. The van der Waals surface area contributed by atoms with Crippen LogP contribution >= 0.6 is 22.9 Å². The Labute approximate surface area is 78.6 Å². The van der Waals surface area contributed by atoms with Crippen molar-refractivity contribution in [1.82, 2.24) is 0 Å². The number of hydrogen-bond donors (Lipinski definition) is 0. The van der Waals surface area contributed by atoms with Crippen LogP contribution in [-0.2, 0) is 0 Å². The van der Waals surface area contributed by atoms with E-state index >= 15 is 0 Å². The van der Waals surface area contributed by atoms with Crippen LogP contribution < -0.4 is 0 Å². The lowest BCUT2D eigenvalue weighted by molar-refractivity contribution is 0.644. The van der Waals surface area contributed by atoms with Crippen LogP contribution in [0.1, 0.15) is 5.56 Å². The molecule has 0 spiro atoms. The lowest BCUT2D eigenvalue weighted by atomic mass is 10.2. The lowest BCUT2D eigenvalue weighted by Crippen LogP contribution is -1.74. The predicted molar refractivity (Wildman–Crippen MR) is 51.5 cm³/mol. The van der Waals surface area contributed by atoms with Crippen LogP contribution in [0, 0.1) is 12.7 Å². The zero-order valence-electron chi connectivity index (χ0n) is 6.40. The molecule has 0 saturated heterocycles. The molecular formula is C9H6ClFS. The molecule has 0 nitrogen and oxygen atoms in total. The van der Waals surface area contributed by atoms with Crippen LogP contribution in [-0.4, -0.2) is 0 Å². The van der Waals surface area contributed by atoms with Gasteiger partial charge >= 0.3 is 0 Å². The van der Waals surface area contributed by atoms with Crippen LogP contribution in [0.2, 0.25) is 5.02 Å². The van der Waals surface area contributed by atoms with E-state index in [2.05, 4.69) is 0 Å². The highest BCUT2D eigenvalue weighted by molar-refractivity contribution is 7.17. The van der Waals surface area contributed by atoms with Crippen molar-refractivity contribution in [2.75, 3.05) is 0 Å². The largest absolute Gasteiger partial charge is 0.205 e. The normalized spacial score (nSPS) is 10.9. The smallest absolute Gasteiger partial charge is 0.141 e. The number of benzene rings is 1. The van der Waals surface area contributed by atoms with Crippen molar-refractivity contribution in [3.63, 3.8) is 0 Å². The topological polar surface area (TPSA) is 0 Å². The number of hydrogen-bond acceptors (Lipinski definition) is 1. The molecule has 0 bridgehead atoms. The van der Waals surface area contributed by atoms with E-state index in [-0.39, 0.29) is 5.82 Å². The highest BCUT2D eigenvalue weighted by Gasteiger charge is 2.06. The van der Waals surface area contributed by atoms with Gasteiger partial charge in [0, 0.05) is 10.8 Å². The van der Waals surface area contributed by atoms with Gasteiger partial charge in [0.25, 0.3) is 0 Å². The minimum atomic E-state index is -0.180. The molecule has 0 aliphatic rings. The predicted octanol–water partition coefficient (Wildman–Crippen LogP) is 4.00. The Kier molecular flexibility index (Phi) is 1.81. The summed E-state index contributed by atoms with van der Waals surface area (Å²) in [5.74, 6) is -0.180. The molecule has 0 N–H and O–H groups in total. The fraction of sp³-hybridized carbons (Fsp3) is 0.111. The summed E-state index contributed by atoms with van der Waals surface area (Å²) in [5.41, 5.74) is 0.991. The molecule has 0 fully saturated rings. The average Bonchev–Trinajstić information content (AvgIpc) is 2.33. The molecule has 0 amide bonds. The standard InChI is InChI=1S/C9H6ClFS/c1-5-2-6-8(11)4-12-9(6)7(10)3-5/h2-4H,1H3. The molecule has 0 aliphatic heterocycles. The van der Waals surface area contributed by atoms with Gasteiger partial charge in [-0.3, -0.25) is 0 Å². The summed E-state index contributed by atoms with van der Waals surface area (Å²) in [7, 11) is 0. The summed E-state index contributed by atoms with van der Waals surface area (Å²) < 4.78 is 13.9. The molecule has 1 aromatic carbocycles. The van der Waals surface area contributed by atoms with E-state index in [0.29, 0.717) is 10.4 Å². The van der Waals surface area contributed by atoms with Gasteiger partial charge in [0.1, 0.15) is 5.82 Å². The van der Waals surface area contributed by atoms with Gasteiger partial charge in [-0.25, -0.2) is 4.39 Å². The van der Waals surface area contributed by atoms with E-state index in [9.17, 15) is 4.39 Å². The maximum atomic E-state index is 13.1. The molecule has 0 radical (unpaired) electrons. The van der Waals surface area contributed by atoms with Gasteiger partial charge in [-0.15, -0.1) is 11.3 Å². The van der Waals surface area contributed by atoms with Crippen molar-refractivity contribution < 1.29 is 4.39 Å². The lowest BCUT2D eigenvalue weighted by Gasteiger charge is -1.95. The average molecular weight is 201 g/mol. The van der Waals surface area contributed by atoms with Crippen molar-refractivity contribution in [2.45, 2.75) is 6.92 Å². The summed E-state index contributed by atoms with van der Waals surface area (Å²) in [6.45, 7) is 1.91. The summed E-state index contributed by atoms with van der Waals surface area (Å²) in [4.78, 5) is 0. The van der Waals surface area contributed by atoms with Gasteiger partial charge in [-0.05, 0) is 24.6 Å². The van der Waals surface area contributed by atoms with Crippen LogP contribution in [0.5, 0.6) is 0 Å². The van der Waals surface area contributed by atoms with Crippen molar-refractivity contribution in [3.05, 3.63) is 33.9 Å². The quantitative estimate of drug-likeness (QED) is 0.603. The molecular weight excluding hydrogens is 195 g/mol. The zero-order valence-corrected chi connectivity index (χ0v) is 7.97. The Hall–Kier alpha value is -0.600. The second kappa shape index (κ2) is 2.71. The Morgan fingerprint density at radius 3 is 2.92 bits per heavy atom. The molecule has 2 rings (SSSR count). The summed E-state index contributed by atoms with van der Waals surface area (Å²) in [6.07, 6.45) is 0. The van der Waals surface area contributed by atoms with E-state index in [0.717, 1.165) is 10.3 Å². The SMILES string of the molecule is Cc1cc(Cl)c2scc(F)c2c1. The maximum absolute atomic E-state index is 13.1. The van der Waals surface area contributed by atoms with E-state index in [4.69, 9.17) is 11.6 Å². The first-order valence-corrected chi connectivity index (χ1v) is 4.77. The van der Waals surface area contributed by atoms with Gasteiger partial charge in [0.2, 0.25) is 0 Å². The van der Waals surface area contributed by atoms with E-state index in [1.807, 2.05) is 19.1 Å². The molecule has 1 heterocycles. The van der Waals surface area contributed by atoms with Crippen LogP contribution in [0.25, 0.3) is 10.1 Å². The van der Waals surface area contributed by atoms with Crippen molar-refractivity contribution >= 4 is 33.0 Å². The summed E-state index contributed by atoms with van der Waals surface area (Å²) >= 11 is 7.26. The highest BCUT2D eigenvalue weighted by Crippen LogP contribution is 2.32. The second-order valence-corrected chi connectivity index (χ2v) is 3.99. The Bertz CT molecular complexity index is 433. The number of rotatable bonds is 0. The number of halogens is 2. The minimum Gasteiger partial charge on any atom is -0.205 e. The van der Waals surface area contributed by atoms with Crippen molar-refractivity contribution in [2.24, 2.45) is 0 Å².